The molecule has 0 unspecified atom stereocenters. The van der Waals surface area contributed by atoms with Crippen LogP contribution < -0.4 is 0 Å². The van der Waals surface area contributed by atoms with E-state index in [1.807, 2.05) is 33.7 Å². The average Bonchev–Trinajstić information content (AvgIpc) is 3.58. The summed E-state index contributed by atoms with van der Waals surface area (Å²) in [5.74, 6) is 1.34. The number of alkyl halides is 3. The molecular formula is C24H25F3N4O. The van der Waals surface area contributed by atoms with E-state index in [1.165, 1.54) is 12.1 Å². The molecule has 1 amide bonds. The normalized spacial score (nSPS) is 17.8. The Morgan fingerprint density at radius 3 is 2.44 bits per heavy atom. The molecule has 2 fully saturated rings. The van der Waals surface area contributed by atoms with Gasteiger partial charge in [0, 0.05) is 38.6 Å². The zero-order chi connectivity index (χ0) is 22.3. The van der Waals surface area contributed by atoms with E-state index in [0.717, 1.165) is 48.9 Å². The minimum Gasteiger partial charge on any atom is -0.340 e. The molecule has 1 aliphatic heterocycles. The van der Waals surface area contributed by atoms with E-state index >= 15 is 0 Å². The van der Waals surface area contributed by atoms with Crippen LogP contribution in [0.25, 0.3) is 11.0 Å². The predicted molar refractivity (Wildman–Crippen MR) is 115 cm³/mol. The number of aromatic nitrogens is 2. The van der Waals surface area contributed by atoms with Gasteiger partial charge in [-0.15, -0.1) is 0 Å². The van der Waals surface area contributed by atoms with E-state index in [-0.39, 0.29) is 11.8 Å². The summed E-state index contributed by atoms with van der Waals surface area (Å²) in [7, 11) is 0. The van der Waals surface area contributed by atoms with Gasteiger partial charge >= 0.3 is 6.18 Å². The lowest BCUT2D eigenvalue weighted by Crippen LogP contribution is -2.49. The Kier molecular flexibility index (Phi) is 5.41. The molecule has 1 saturated heterocycles. The number of fused-ring (bicyclic) bond motifs is 1. The Morgan fingerprint density at radius 2 is 1.72 bits per heavy atom. The van der Waals surface area contributed by atoms with Crippen molar-refractivity contribution >= 4 is 16.9 Å². The van der Waals surface area contributed by atoms with Crippen molar-refractivity contribution < 1.29 is 18.0 Å². The summed E-state index contributed by atoms with van der Waals surface area (Å²) in [5.41, 5.74) is 1.68. The van der Waals surface area contributed by atoms with Crippen molar-refractivity contribution in [3.05, 3.63) is 65.5 Å². The summed E-state index contributed by atoms with van der Waals surface area (Å²) in [6, 6.07) is 13.2. The van der Waals surface area contributed by atoms with Gasteiger partial charge in [0.2, 0.25) is 5.91 Å². The Hall–Kier alpha value is -2.87. The minimum atomic E-state index is -4.37. The summed E-state index contributed by atoms with van der Waals surface area (Å²) in [4.78, 5) is 21.3. The van der Waals surface area contributed by atoms with Crippen molar-refractivity contribution in [1.29, 1.82) is 0 Å². The highest BCUT2D eigenvalue weighted by Crippen LogP contribution is 2.32. The van der Waals surface area contributed by atoms with Crippen molar-refractivity contribution in [3.63, 3.8) is 0 Å². The summed E-state index contributed by atoms with van der Waals surface area (Å²) in [6.45, 7) is 3.88. The van der Waals surface area contributed by atoms with Crippen LogP contribution in [0, 0.1) is 5.92 Å². The molecular weight excluding hydrogens is 417 g/mol. The SMILES string of the molecule is O=C(C1CC1)N1CCN(Cc2nc3ccccc3n2Cc2cccc(C(F)(F)F)c2)CC1. The Morgan fingerprint density at radius 1 is 0.969 bits per heavy atom. The lowest BCUT2D eigenvalue weighted by Gasteiger charge is -2.34. The summed E-state index contributed by atoms with van der Waals surface area (Å²) in [5, 5.41) is 0. The molecule has 168 valence electrons. The maximum absolute atomic E-state index is 13.2. The molecule has 2 aliphatic rings. The lowest BCUT2D eigenvalue weighted by molar-refractivity contribution is -0.137. The van der Waals surface area contributed by atoms with Crippen LogP contribution in [0.5, 0.6) is 0 Å². The number of amides is 1. The van der Waals surface area contributed by atoms with Gasteiger partial charge in [0.05, 0.1) is 23.1 Å². The van der Waals surface area contributed by atoms with E-state index in [0.29, 0.717) is 31.7 Å². The first-order chi connectivity index (χ1) is 15.4. The van der Waals surface area contributed by atoms with Gasteiger partial charge in [-0.05, 0) is 42.7 Å². The summed E-state index contributed by atoms with van der Waals surface area (Å²) < 4.78 is 41.5. The van der Waals surface area contributed by atoms with Crippen molar-refractivity contribution in [2.75, 3.05) is 26.2 Å². The number of carbonyl (C=O) groups is 1. The van der Waals surface area contributed by atoms with Gasteiger partial charge in [0.15, 0.2) is 0 Å². The third kappa shape index (κ3) is 4.37. The topological polar surface area (TPSA) is 41.4 Å². The fourth-order valence-electron chi connectivity index (χ4n) is 4.37. The fourth-order valence-corrected chi connectivity index (χ4v) is 4.37. The monoisotopic (exact) mass is 442 g/mol. The van der Waals surface area contributed by atoms with Crippen LogP contribution in [0.1, 0.15) is 29.8 Å². The number of rotatable bonds is 5. The third-order valence-corrected chi connectivity index (χ3v) is 6.30. The van der Waals surface area contributed by atoms with E-state index in [2.05, 4.69) is 4.90 Å². The maximum Gasteiger partial charge on any atom is 0.416 e. The number of piperazine rings is 1. The molecule has 1 saturated carbocycles. The zero-order valence-corrected chi connectivity index (χ0v) is 17.7. The van der Waals surface area contributed by atoms with Crippen LogP contribution in [-0.4, -0.2) is 51.4 Å². The molecule has 1 aromatic heterocycles. The highest BCUT2D eigenvalue weighted by atomic mass is 19.4. The van der Waals surface area contributed by atoms with Gasteiger partial charge in [0.1, 0.15) is 5.82 Å². The van der Waals surface area contributed by atoms with Crippen LogP contribution in [0.3, 0.4) is 0 Å². The van der Waals surface area contributed by atoms with Crippen molar-refractivity contribution in [3.8, 4) is 0 Å². The first-order valence-corrected chi connectivity index (χ1v) is 11.0. The molecule has 0 bridgehead atoms. The molecule has 2 heterocycles. The van der Waals surface area contributed by atoms with Crippen LogP contribution in [0.4, 0.5) is 13.2 Å². The number of hydrogen-bond donors (Lipinski definition) is 0. The summed E-state index contributed by atoms with van der Waals surface area (Å²) >= 11 is 0. The second-order valence-corrected chi connectivity index (χ2v) is 8.68. The first kappa shape index (κ1) is 21.0. The zero-order valence-electron chi connectivity index (χ0n) is 17.7. The van der Waals surface area contributed by atoms with Crippen LogP contribution in [-0.2, 0) is 24.1 Å². The highest BCUT2D eigenvalue weighted by Gasteiger charge is 2.35. The number of imidazole rings is 1. The predicted octanol–water partition coefficient (Wildman–Crippen LogP) is 4.16. The van der Waals surface area contributed by atoms with E-state index in [1.54, 1.807) is 6.07 Å². The number of halogens is 3. The Labute approximate surface area is 184 Å². The fraction of sp³-hybridized carbons (Fsp3) is 0.417. The molecule has 0 N–H and O–H groups in total. The van der Waals surface area contributed by atoms with Crippen molar-refractivity contribution in [2.24, 2.45) is 5.92 Å². The number of carbonyl (C=O) groups excluding carboxylic acids is 1. The number of hydrogen-bond acceptors (Lipinski definition) is 3. The van der Waals surface area contributed by atoms with Crippen molar-refractivity contribution in [1.82, 2.24) is 19.4 Å². The summed E-state index contributed by atoms with van der Waals surface area (Å²) in [6.07, 6.45) is -2.34. The molecule has 0 radical (unpaired) electrons. The van der Waals surface area contributed by atoms with Crippen molar-refractivity contribution in [2.45, 2.75) is 32.1 Å². The van der Waals surface area contributed by atoms with Crippen LogP contribution in [0.2, 0.25) is 0 Å². The smallest absolute Gasteiger partial charge is 0.340 e. The minimum absolute atomic E-state index is 0.234. The molecule has 32 heavy (non-hydrogen) atoms. The largest absolute Gasteiger partial charge is 0.416 e. The maximum atomic E-state index is 13.2. The average molecular weight is 442 g/mol. The second kappa shape index (κ2) is 8.24. The number of para-hydroxylation sites is 2. The molecule has 1 aliphatic carbocycles. The Bertz CT molecular complexity index is 1130. The van der Waals surface area contributed by atoms with Crippen LogP contribution in [0.15, 0.2) is 48.5 Å². The molecule has 3 aromatic rings. The van der Waals surface area contributed by atoms with Gasteiger partial charge in [-0.3, -0.25) is 9.69 Å². The molecule has 0 atom stereocenters. The first-order valence-electron chi connectivity index (χ1n) is 11.0. The van der Waals surface area contributed by atoms with Gasteiger partial charge in [-0.1, -0.05) is 24.3 Å². The standard InChI is InChI=1S/C24H25F3N4O/c25-24(26,27)19-5-3-4-17(14-19)15-31-21-7-2-1-6-20(21)28-22(31)16-29-10-12-30(13-11-29)23(32)18-8-9-18/h1-7,14,18H,8-13,15-16H2. The molecule has 0 spiro atoms. The van der Waals surface area contributed by atoms with Gasteiger partial charge < -0.3 is 9.47 Å². The van der Waals surface area contributed by atoms with Gasteiger partial charge in [-0.2, -0.15) is 13.2 Å². The lowest BCUT2D eigenvalue weighted by atomic mass is 10.1. The third-order valence-electron chi connectivity index (χ3n) is 6.30. The molecule has 5 rings (SSSR count). The van der Waals surface area contributed by atoms with Crippen LogP contribution >= 0.6 is 0 Å². The number of nitrogens with zero attached hydrogens (tertiary/aromatic N) is 4. The van der Waals surface area contributed by atoms with E-state index < -0.39 is 11.7 Å². The van der Waals surface area contributed by atoms with E-state index in [4.69, 9.17) is 4.98 Å². The van der Waals surface area contributed by atoms with E-state index in [9.17, 15) is 18.0 Å². The van der Waals surface area contributed by atoms with Gasteiger partial charge in [-0.25, -0.2) is 4.98 Å². The number of benzene rings is 2. The Balaban J connectivity index is 1.36. The van der Waals surface area contributed by atoms with Gasteiger partial charge in [0.25, 0.3) is 0 Å². The molecule has 8 heteroatoms. The second-order valence-electron chi connectivity index (χ2n) is 8.68. The molecule has 5 nitrogen and oxygen atoms in total. The highest BCUT2D eigenvalue weighted by molar-refractivity contribution is 5.81. The molecule has 2 aromatic carbocycles. The quantitative estimate of drug-likeness (QED) is 0.596.